The summed E-state index contributed by atoms with van der Waals surface area (Å²) in [5, 5.41) is 4.49. The van der Waals surface area contributed by atoms with Crippen molar-refractivity contribution < 1.29 is 0 Å². The van der Waals surface area contributed by atoms with Gasteiger partial charge in [-0.1, -0.05) is 48.4 Å². The highest BCUT2D eigenvalue weighted by Gasteiger charge is 2.18. The van der Waals surface area contributed by atoms with Crippen LogP contribution in [0, 0.1) is 6.92 Å². The van der Waals surface area contributed by atoms with Gasteiger partial charge in [0.2, 0.25) is 0 Å². The molecule has 2 heteroatoms. The van der Waals surface area contributed by atoms with E-state index in [1.54, 1.807) is 0 Å². The summed E-state index contributed by atoms with van der Waals surface area (Å²) < 4.78 is 0. The molecule has 0 bridgehead atoms. The molecule has 0 heterocycles. The zero-order valence-corrected chi connectivity index (χ0v) is 12.6. The second kappa shape index (κ2) is 5.88. The van der Waals surface area contributed by atoms with Gasteiger partial charge in [-0.3, -0.25) is 0 Å². The molecule has 0 aromatic heterocycles. The minimum Gasteiger partial charge on any atom is -0.378 e. The summed E-state index contributed by atoms with van der Waals surface area (Å²) in [6.45, 7) is 2.03. The third kappa shape index (κ3) is 2.83. The molecule has 1 aliphatic carbocycles. The Morgan fingerprint density at radius 3 is 2.80 bits per heavy atom. The van der Waals surface area contributed by atoms with Gasteiger partial charge in [-0.05, 0) is 55.0 Å². The SMILES string of the molecule is Cc1ccc(NC2CCCCc3ccccc32)cc1Cl. The number of fused-ring (bicyclic) bond motifs is 1. The van der Waals surface area contributed by atoms with Crippen LogP contribution in [0.25, 0.3) is 0 Å². The lowest BCUT2D eigenvalue weighted by Gasteiger charge is -2.21. The average Bonchev–Trinajstić information content (AvgIpc) is 2.66. The fourth-order valence-electron chi connectivity index (χ4n) is 2.95. The highest BCUT2D eigenvalue weighted by Crippen LogP contribution is 2.32. The number of anilines is 1. The van der Waals surface area contributed by atoms with Gasteiger partial charge in [0.1, 0.15) is 0 Å². The van der Waals surface area contributed by atoms with Gasteiger partial charge in [0.15, 0.2) is 0 Å². The van der Waals surface area contributed by atoms with Crippen molar-refractivity contribution in [1.82, 2.24) is 0 Å². The Labute approximate surface area is 126 Å². The summed E-state index contributed by atoms with van der Waals surface area (Å²) >= 11 is 6.22. The van der Waals surface area contributed by atoms with Gasteiger partial charge in [0, 0.05) is 10.7 Å². The Morgan fingerprint density at radius 2 is 1.95 bits per heavy atom. The van der Waals surface area contributed by atoms with Gasteiger partial charge in [0.25, 0.3) is 0 Å². The molecule has 0 saturated heterocycles. The molecule has 1 unspecified atom stereocenters. The molecule has 20 heavy (non-hydrogen) atoms. The van der Waals surface area contributed by atoms with Gasteiger partial charge in [0.05, 0.1) is 6.04 Å². The fraction of sp³-hybridized carbons (Fsp3) is 0.333. The first kappa shape index (κ1) is 13.5. The van der Waals surface area contributed by atoms with Gasteiger partial charge >= 0.3 is 0 Å². The number of aryl methyl sites for hydroxylation is 2. The predicted octanol–water partition coefficient (Wildman–Crippen LogP) is 5.53. The largest absolute Gasteiger partial charge is 0.378 e. The van der Waals surface area contributed by atoms with E-state index in [0.29, 0.717) is 6.04 Å². The Bertz CT molecular complexity index is 606. The number of benzene rings is 2. The molecular formula is C18H20ClN. The normalized spacial score (nSPS) is 18.2. The van der Waals surface area contributed by atoms with E-state index >= 15 is 0 Å². The average molecular weight is 286 g/mol. The minimum absolute atomic E-state index is 0.396. The van der Waals surface area contributed by atoms with E-state index in [2.05, 4.69) is 41.7 Å². The third-order valence-electron chi connectivity index (χ3n) is 4.13. The van der Waals surface area contributed by atoms with Crippen LogP contribution in [-0.4, -0.2) is 0 Å². The van der Waals surface area contributed by atoms with Crippen molar-refractivity contribution in [2.45, 2.75) is 38.6 Å². The van der Waals surface area contributed by atoms with Crippen LogP contribution in [0.1, 0.15) is 42.0 Å². The molecule has 104 valence electrons. The lowest BCUT2D eigenvalue weighted by Crippen LogP contribution is -2.11. The van der Waals surface area contributed by atoms with Crippen LogP contribution < -0.4 is 5.32 Å². The van der Waals surface area contributed by atoms with Gasteiger partial charge in [-0.25, -0.2) is 0 Å². The van der Waals surface area contributed by atoms with E-state index in [9.17, 15) is 0 Å². The predicted molar refractivity (Wildman–Crippen MR) is 86.5 cm³/mol. The van der Waals surface area contributed by atoms with Crippen molar-refractivity contribution in [3.05, 3.63) is 64.2 Å². The summed E-state index contributed by atoms with van der Waals surface area (Å²) in [5.74, 6) is 0. The Hall–Kier alpha value is -1.47. The minimum atomic E-state index is 0.396. The van der Waals surface area contributed by atoms with Crippen LogP contribution >= 0.6 is 11.6 Å². The molecular weight excluding hydrogens is 266 g/mol. The first-order valence-electron chi connectivity index (χ1n) is 7.34. The van der Waals surface area contributed by atoms with E-state index in [-0.39, 0.29) is 0 Å². The molecule has 1 aliphatic rings. The first-order chi connectivity index (χ1) is 9.74. The smallest absolute Gasteiger partial charge is 0.0516 e. The van der Waals surface area contributed by atoms with Crippen molar-refractivity contribution in [2.24, 2.45) is 0 Å². The Kier molecular flexibility index (Phi) is 3.98. The second-order valence-electron chi connectivity index (χ2n) is 5.61. The third-order valence-corrected chi connectivity index (χ3v) is 4.54. The number of nitrogens with one attached hydrogen (secondary N) is 1. The fourth-order valence-corrected chi connectivity index (χ4v) is 3.14. The standard InChI is InChI=1S/C18H20ClN/c1-13-10-11-15(12-17(13)19)20-18-9-5-3-7-14-6-2-4-8-16(14)18/h2,4,6,8,10-12,18,20H,3,5,7,9H2,1H3. The molecule has 0 spiro atoms. The molecule has 1 N–H and O–H groups in total. The van der Waals surface area contributed by atoms with Crippen molar-refractivity contribution in [3.8, 4) is 0 Å². The van der Waals surface area contributed by atoms with E-state index in [0.717, 1.165) is 16.3 Å². The Balaban J connectivity index is 1.88. The zero-order chi connectivity index (χ0) is 13.9. The summed E-state index contributed by atoms with van der Waals surface area (Å²) in [6, 6.07) is 15.4. The van der Waals surface area contributed by atoms with Gasteiger partial charge < -0.3 is 5.32 Å². The lowest BCUT2D eigenvalue weighted by molar-refractivity contribution is 0.644. The van der Waals surface area contributed by atoms with Crippen molar-refractivity contribution in [2.75, 3.05) is 5.32 Å². The molecule has 1 atom stereocenters. The maximum atomic E-state index is 6.22. The monoisotopic (exact) mass is 285 g/mol. The molecule has 0 radical (unpaired) electrons. The van der Waals surface area contributed by atoms with E-state index in [4.69, 9.17) is 11.6 Å². The molecule has 0 aliphatic heterocycles. The number of hydrogen-bond donors (Lipinski definition) is 1. The lowest BCUT2D eigenvalue weighted by atomic mass is 9.99. The molecule has 2 aromatic rings. The van der Waals surface area contributed by atoms with Crippen LogP contribution in [0.2, 0.25) is 5.02 Å². The Morgan fingerprint density at radius 1 is 1.10 bits per heavy atom. The van der Waals surface area contributed by atoms with Crippen molar-refractivity contribution >= 4 is 17.3 Å². The van der Waals surface area contributed by atoms with E-state index in [1.165, 1.54) is 36.8 Å². The number of hydrogen-bond acceptors (Lipinski definition) is 1. The summed E-state index contributed by atoms with van der Waals surface area (Å²) in [7, 11) is 0. The highest BCUT2D eigenvalue weighted by molar-refractivity contribution is 6.31. The van der Waals surface area contributed by atoms with Crippen molar-refractivity contribution in [1.29, 1.82) is 0 Å². The second-order valence-corrected chi connectivity index (χ2v) is 6.01. The van der Waals surface area contributed by atoms with E-state index in [1.807, 2.05) is 13.0 Å². The molecule has 1 nitrogen and oxygen atoms in total. The zero-order valence-electron chi connectivity index (χ0n) is 11.8. The maximum absolute atomic E-state index is 6.22. The maximum Gasteiger partial charge on any atom is 0.0516 e. The van der Waals surface area contributed by atoms with E-state index < -0.39 is 0 Å². The topological polar surface area (TPSA) is 12.0 Å². The molecule has 3 rings (SSSR count). The number of halogens is 1. The summed E-state index contributed by atoms with van der Waals surface area (Å²) in [4.78, 5) is 0. The molecule has 0 fully saturated rings. The highest BCUT2D eigenvalue weighted by atomic mass is 35.5. The van der Waals surface area contributed by atoms with Crippen molar-refractivity contribution in [3.63, 3.8) is 0 Å². The molecule has 0 amide bonds. The molecule has 2 aromatic carbocycles. The van der Waals surface area contributed by atoms with Gasteiger partial charge in [-0.15, -0.1) is 0 Å². The van der Waals surface area contributed by atoms with Crippen LogP contribution in [0.4, 0.5) is 5.69 Å². The van der Waals surface area contributed by atoms with Crippen LogP contribution in [0.3, 0.4) is 0 Å². The van der Waals surface area contributed by atoms with Crippen LogP contribution in [-0.2, 0) is 6.42 Å². The number of rotatable bonds is 2. The van der Waals surface area contributed by atoms with Gasteiger partial charge in [-0.2, -0.15) is 0 Å². The summed E-state index contributed by atoms with van der Waals surface area (Å²) in [5.41, 5.74) is 5.17. The van der Waals surface area contributed by atoms with Crippen LogP contribution in [0.15, 0.2) is 42.5 Å². The molecule has 0 saturated carbocycles. The first-order valence-corrected chi connectivity index (χ1v) is 7.72. The van der Waals surface area contributed by atoms with Crippen LogP contribution in [0.5, 0.6) is 0 Å². The quantitative estimate of drug-likeness (QED) is 0.716. The summed E-state index contributed by atoms with van der Waals surface area (Å²) in [6.07, 6.45) is 4.93.